The molecule has 0 radical (unpaired) electrons. The van der Waals surface area contributed by atoms with Crippen molar-refractivity contribution < 1.29 is 9.53 Å². The highest BCUT2D eigenvalue weighted by Gasteiger charge is 2.05. The lowest BCUT2D eigenvalue weighted by Crippen LogP contribution is -2.18. The van der Waals surface area contributed by atoms with E-state index in [2.05, 4.69) is 16.6 Å². The lowest BCUT2D eigenvalue weighted by molar-refractivity contribution is -0.136. The standard InChI is InChI=1S/C10H19NO2/c1-5-9(10(12)13-4)7-8-11(3)6-2/h7H,5-6,8H2,1-4H3. The Bertz CT molecular complexity index is 187. The minimum absolute atomic E-state index is 0.216. The van der Waals surface area contributed by atoms with Crippen LogP contribution in [-0.2, 0) is 9.53 Å². The van der Waals surface area contributed by atoms with Crippen molar-refractivity contribution >= 4 is 5.97 Å². The van der Waals surface area contributed by atoms with E-state index in [0.717, 1.165) is 25.1 Å². The molecule has 0 aromatic rings. The first-order valence-corrected chi connectivity index (χ1v) is 4.61. The summed E-state index contributed by atoms with van der Waals surface area (Å²) in [5, 5.41) is 0. The van der Waals surface area contributed by atoms with Crippen molar-refractivity contribution in [2.75, 3.05) is 27.2 Å². The molecule has 76 valence electrons. The van der Waals surface area contributed by atoms with E-state index >= 15 is 0 Å². The summed E-state index contributed by atoms with van der Waals surface area (Å²) < 4.78 is 4.64. The molecule has 0 N–H and O–H groups in total. The van der Waals surface area contributed by atoms with Crippen LogP contribution in [0.15, 0.2) is 11.6 Å². The van der Waals surface area contributed by atoms with Crippen LogP contribution in [0.5, 0.6) is 0 Å². The molecule has 0 saturated heterocycles. The zero-order valence-corrected chi connectivity index (χ0v) is 8.96. The molecule has 3 heteroatoms. The summed E-state index contributed by atoms with van der Waals surface area (Å²) in [5.74, 6) is -0.216. The Hall–Kier alpha value is -0.830. The van der Waals surface area contributed by atoms with Crippen molar-refractivity contribution in [1.29, 1.82) is 0 Å². The van der Waals surface area contributed by atoms with Crippen LogP contribution in [0.1, 0.15) is 20.3 Å². The highest BCUT2D eigenvalue weighted by atomic mass is 16.5. The lowest BCUT2D eigenvalue weighted by atomic mass is 10.2. The highest BCUT2D eigenvalue weighted by Crippen LogP contribution is 2.02. The molecule has 0 amide bonds. The third-order valence-electron chi connectivity index (χ3n) is 2.02. The molecule has 0 atom stereocenters. The van der Waals surface area contributed by atoms with Gasteiger partial charge in [0.2, 0.25) is 0 Å². The van der Waals surface area contributed by atoms with E-state index in [9.17, 15) is 4.79 Å². The Morgan fingerprint density at radius 1 is 1.46 bits per heavy atom. The Morgan fingerprint density at radius 3 is 2.46 bits per heavy atom. The van der Waals surface area contributed by atoms with Gasteiger partial charge in [-0.3, -0.25) is 0 Å². The number of carbonyl (C=O) groups excluding carboxylic acids is 1. The molecule has 0 aromatic carbocycles. The monoisotopic (exact) mass is 185 g/mol. The highest BCUT2D eigenvalue weighted by molar-refractivity contribution is 5.88. The molecule has 0 spiro atoms. The predicted molar refractivity (Wildman–Crippen MR) is 53.6 cm³/mol. The minimum Gasteiger partial charge on any atom is -0.466 e. The zero-order chi connectivity index (χ0) is 10.3. The molecule has 13 heavy (non-hydrogen) atoms. The third-order valence-corrected chi connectivity index (χ3v) is 2.02. The summed E-state index contributed by atoms with van der Waals surface area (Å²) in [4.78, 5) is 13.3. The topological polar surface area (TPSA) is 29.5 Å². The van der Waals surface area contributed by atoms with E-state index in [1.807, 2.05) is 20.0 Å². The number of rotatable bonds is 5. The van der Waals surface area contributed by atoms with E-state index in [-0.39, 0.29) is 5.97 Å². The van der Waals surface area contributed by atoms with Crippen molar-refractivity contribution in [3.05, 3.63) is 11.6 Å². The predicted octanol–water partition coefficient (Wildman–Crippen LogP) is 1.45. The maximum absolute atomic E-state index is 11.1. The second-order valence-electron chi connectivity index (χ2n) is 2.93. The summed E-state index contributed by atoms with van der Waals surface area (Å²) in [5.41, 5.74) is 0.753. The van der Waals surface area contributed by atoms with E-state index in [4.69, 9.17) is 0 Å². The Kier molecular flexibility index (Phi) is 6.24. The lowest BCUT2D eigenvalue weighted by Gasteiger charge is -2.11. The van der Waals surface area contributed by atoms with Crippen LogP contribution >= 0.6 is 0 Å². The van der Waals surface area contributed by atoms with Gasteiger partial charge in [-0.05, 0) is 20.0 Å². The molecule has 0 aliphatic carbocycles. The number of ether oxygens (including phenoxy) is 1. The van der Waals surface area contributed by atoms with E-state index in [1.165, 1.54) is 7.11 Å². The average molecular weight is 185 g/mol. The van der Waals surface area contributed by atoms with E-state index in [0.29, 0.717) is 0 Å². The summed E-state index contributed by atoms with van der Waals surface area (Å²) in [6.07, 6.45) is 2.65. The number of methoxy groups -OCH3 is 1. The molecule has 0 unspecified atom stereocenters. The first kappa shape index (κ1) is 12.2. The molecule has 0 aromatic heterocycles. The summed E-state index contributed by atoms with van der Waals surface area (Å²) >= 11 is 0. The maximum Gasteiger partial charge on any atom is 0.333 e. The molecule has 0 heterocycles. The number of likely N-dealkylation sites (N-methyl/N-ethyl adjacent to an activating group) is 1. The van der Waals surface area contributed by atoms with E-state index in [1.54, 1.807) is 0 Å². The summed E-state index contributed by atoms with van der Waals surface area (Å²) in [7, 11) is 3.43. The van der Waals surface area contributed by atoms with Crippen molar-refractivity contribution in [2.45, 2.75) is 20.3 Å². The SMILES string of the molecule is CCC(=CCN(C)CC)C(=O)OC. The maximum atomic E-state index is 11.1. The first-order chi connectivity index (χ1) is 6.15. The Morgan fingerprint density at radius 2 is 2.08 bits per heavy atom. The molecule has 3 nitrogen and oxygen atoms in total. The third kappa shape index (κ3) is 4.68. The Labute approximate surface area is 80.4 Å². The van der Waals surface area contributed by atoms with Gasteiger partial charge < -0.3 is 9.64 Å². The van der Waals surface area contributed by atoms with Gasteiger partial charge in [0.25, 0.3) is 0 Å². The van der Waals surface area contributed by atoms with Crippen LogP contribution in [-0.4, -0.2) is 38.1 Å². The van der Waals surface area contributed by atoms with Gasteiger partial charge in [-0.25, -0.2) is 4.79 Å². The van der Waals surface area contributed by atoms with Gasteiger partial charge in [0.05, 0.1) is 7.11 Å². The largest absolute Gasteiger partial charge is 0.466 e. The van der Waals surface area contributed by atoms with Gasteiger partial charge in [-0.1, -0.05) is 19.9 Å². The number of carbonyl (C=O) groups is 1. The molecular weight excluding hydrogens is 166 g/mol. The van der Waals surface area contributed by atoms with Crippen molar-refractivity contribution in [3.63, 3.8) is 0 Å². The fourth-order valence-electron chi connectivity index (χ4n) is 0.898. The molecule has 0 saturated carbocycles. The van der Waals surface area contributed by atoms with Crippen molar-refractivity contribution in [2.24, 2.45) is 0 Å². The fourth-order valence-corrected chi connectivity index (χ4v) is 0.898. The molecule has 0 fully saturated rings. The Balaban J connectivity index is 4.14. The molecule has 0 rings (SSSR count). The summed E-state index contributed by atoms with van der Waals surface area (Å²) in [6, 6.07) is 0. The van der Waals surface area contributed by atoms with Crippen molar-refractivity contribution in [3.8, 4) is 0 Å². The van der Waals surface area contributed by atoms with Gasteiger partial charge in [0.1, 0.15) is 0 Å². The normalized spacial score (nSPS) is 11.9. The second-order valence-corrected chi connectivity index (χ2v) is 2.93. The van der Waals surface area contributed by atoms with Gasteiger partial charge in [-0.15, -0.1) is 0 Å². The second kappa shape index (κ2) is 6.66. The number of hydrogen-bond acceptors (Lipinski definition) is 3. The van der Waals surface area contributed by atoms with Crippen LogP contribution in [0.4, 0.5) is 0 Å². The van der Waals surface area contributed by atoms with E-state index < -0.39 is 0 Å². The number of nitrogens with zero attached hydrogens (tertiary/aromatic N) is 1. The molecule has 0 aliphatic heterocycles. The van der Waals surface area contributed by atoms with Gasteiger partial charge in [0.15, 0.2) is 0 Å². The van der Waals surface area contributed by atoms with Crippen LogP contribution in [0.2, 0.25) is 0 Å². The molecule has 0 bridgehead atoms. The van der Waals surface area contributed by atoms with Crippen LogP contribution in [0.3, 0.4) is 0 Å². The van der Waals surface area contributed by atoms with Crippen LogP contribution < -0.4 is 0 Å². The summed E-state index contributed by atoms with van der Waals surface area (Å²) in [6.45, 7) is 5.82. The van der Waals surface area contributed by atoms with Crippen LogP contribution in [0.25, 0.3) is 0 Å². The number of hydrogen-bond donors (Lipinski definition) is 0. The average Bonchev–Trinajstić information content (AvgIpc) is 2.17. The van der Waals surface area contributed by atoms with Crippen LogP contribution in [0, 0.1) is 0 Å². The molecule has 0 aliphatic rings. The smallest absolute Gasteiger partial charge is 0.333 e. The number of esters is 1. The van der Waals surface area contributed by atoms with Gasteiger partial charge in [0, 0.05) is 12.1 Å². The van der Waals surface area contributed by atoms with Gasteiger partial charge in [-0.2, -0.15) is 0 Å². The molecular formula is C10H19NO2. The van der Waals surface area contributed by atoms with Gasteiger partial charge >= 0.3 is 5.97 Å². The minimum atomic E-state index is -0.216. The zero-order valence-electron chi connectivity index (χ0n) is 8.96. The first-order valence-electron chi connectivity index (χ1n) is 4.61. The fraction of sp³-hybridized carbons (Fsp3) is 0.700. The van der Waals surface area contributed by atoms with Crippen molar-refractivity contribution in [1.82, 2.24) is 4.90 Å². The quantitative estimate of drug-likeness (QED) is 0.479.